The van der Waals surface area contributed by atoms with Gasteiger partial charge in [-0.15, -0.1) is 0 Å². The van der Waals surface area contributed by atoms with Crippen molar-refractivity contribution in [2.45, 2.75) is 18.9 Å². The van der Waals surface area contributed by atoms with Crippen molar-refractivity contribution in [3.05, 3.63) is 18.2 Å². The maximum atomic E-state index is 8.87. The highest BCUT2D eigenvalue weighted by Crippen LogP contribution is 2.22. The van der Waals surface area contributed by atoms with E-state index in [0.29, 0.717) is 11.7 Å². The van der Waals surface area contributed by atoms with Crippen LogP contribution in [0.5, 0.6) is 0 Å². The minimum absolute atomic E-state index is 0.461. The molecule has 0 spiro atoms. The number of rotatable bonds is 1. The van der Waals surface area contributed by atoms with E-state index in [1.165, 1.54) is 0 Å². The van der Waals surface area contributed by atoms with Gasteiger partial charge >= 0.3 is 0 Å². The van der Waals surface area contributed by atoms with E-state index in [-0.39, 0.29) is 0 Å². The molecule has 1 fully saturated rings. The Morgan fingerprint density at radius 3 is 2.86 bits per heavy atom. The summed E-state index contributed by atoms with van der Waals surface area (Å²) in [5.74, 6) is 0. The summed E-state index contributed by atoms with van der Waals surface area (Å²) < 4.78 is 2.01. The topological polar surface area (TPSA) is 44.9 Å². The lowest BCUT2D eigenvalue weighted by Gasteiger charge is -2.29. The molecule has 0 aliphatic carbocycles. The van der Waals surface area contributed by atoms with Gasteiger partial charge in [0.2, 0.25) is 0 Å². The van der Waals surface area contributed by atoms with Crippen LogP contribution in [0.3, 0.4) is 0 Å². The van der Waals surface area contributed by atoms with Crippen LogP contribution in [0, 0.1) is 11.3 Å². The molecule has 1 aliphatic heterocycles. The van der Waals surface area contributed by atoms with Gasteiger partial charge in [-0.3, -0.25) is 0 Å². The van der Waals surface area contributed by atoms with Gasteiger partial charge in [-0.05, 0) is 33.0 Å². The number of hydrogen-bond donors (Lipinski definition) is 0. The van der Waals surface area contributed by atoms with E-state index in [1.807, 2.05) is 4.57 Å². The zero-order valence-corrected chi connectivity index (χ0v) is 8.35. The number of hydrogen-bond acceptors (Lipinski definition) is 3. The van der Waals surface area contributed by atoms with Crippen LogP contribution in [0.4, 0.5) is 0 Å². The molecule has 74 valence electrons. The standard InChI is InChI=1S/C10H14N4/c1-13-4-2-9(3-5-13)14-8-12-7-10(14)6-11/h7-9H,2-5H2,1H3. The molecule has 1 aromatic heterocycles. The number of piperidine rings is 1. The van der Waals surface area contributed by atoms with E-state index in [2.05, 4.69) is 23.0 Å². The molecule has 1 saturated heterocycles. The molecule has 0 N–H and O–H groups in total. The van der Waals surface area contributed by atoms with Gasteiger partial charge in [-0.25, -0.2) is 4.98 Å². The van der Waals surface area contributed by atoms with Gasteiger partial charge in [0.15, 0.2) is 0 Å². The molecular weight excluding hydrogens is 176 g/mol. The molecule has 4 heteroatoms. The van der Waals surface area contributed by atoms with Crippen LogP contribution in [0.2, 0.25) is 0 Å². The van der Waals surface area contributed by atoms with E-state index in [9.17, 15) is 0 Å². The Balaban J connectivity index is 2.13. The number of nitrogens with zero attached hydrogens (tertiary/aromatic N) is 4. The van der Waals surface area contributed by atoms with Crippen molar-refractivity contribution in [2.75, 3.05) is 20.1 Å². The fourth-order valence-electron chi connectivity index (χ4n) is 1.96. The Labute approximate surface area is 83.8 Å². The highest BCUT2D eigenvalue weighted by atomic mass is 15.1. The van der Waals surface area contributed by atoms with Crippen LogP contribution in [0.15, 0.2) is 12.5 Å². The minimum Gasteiger partial charge on any atom is -0.319 e. The third kappa shape index (κ3) is 1.64. The first kappa shape index (κ1) is 9.22. The summed E-state index contributed by atoms with van der Waals surface area (Å²) in [6.07, 6.45) is 5.63. The predicted molar refractivity (Wildman–Crippen MR) is 52.7 cm³/mol. The second kappa shape index (κ2) is 3.81. The summed E-state index contributed by atoms with van der Waals surface area (Å²) in [6.45, 7) is 2.21. The Morgan fingerprint density at radius 1 is 1.50 bits per heavy atom. The van der Waals surface area contributed by atoms with Crippen LogP contribution in [-0.2, 0) is 0 Å². The van der Waals surface area contributed by atoms with Crippen LogP contribution in [0.25, 0.3) is 0 Å². The summed E-state index contributed by atoms with van der Waals surface area (Å²) in [5.41, 5.74) is 0.680. The molecule has 0 aromatic carbocycles. The Kier molecular flexibility index (Phi) is 2.51. The van der Waals surface area contributed by atoms with Gasteiger partial charge in [-0.2, -0.15) is 5.26 Å². The van der Waals surface area contributed by atoms with Gasteiger partial charge in [0, 0.05) is 6.04 Å². The molecular formula is C10H14N4. The molecule has 0 unspecified atom stereocenters. The van der Waals surface area contributed by atoms with Gasteiger partial charge in [0.1, 0.15) is 11.8 Å². The molecule has 0 saturated carbocycles. The normalized spacial score (nSPS) is 19.4. The summed E-state index contributed by atoms with van der Waals surface area (Å²) in [4.78, 5) is 6.33. The van der Waals surface area contributed by atoms with Crippen molar-refractivity contribution in [1.29, 1.82) is 5.26 Å². The van der Waals surface area contributed by atoms with E-state index in [0.717, 1.165) is 25.9 Å². The Bertz CT molecular complexity index is 341. The fraction of sp³-hybridized carbons (Fsp3) is 0.600. The minimum atomic E-state index is 0.461. The van der Waals surface area contributed by atoms with Crippen molar-refractivity contribution in [3.8, 4) is 6.07 Å². The molecule has 2 heterocycles. The summed E-state index contributed by atoms with van der Waals surface area (Å²) in [5, 5.41) is 8.87. The molecule has 1 aromatic rings. The Morgan fingerprint density at radius 2 is 2.21 bits per heavy atom. The van der Waals surface area contributed by atoms with Gasteiger partial charge in [0.05, 0.1) is 12.5 Å². The average molecular weight is 190 g/mol. The molecule has 0 radical (unpaired) electrons. The highest BCUT2D eigenvalue weighted by molar-refractivity contribution is 5.18. The van der Waals surface area contributed by atoms with Gasteiger partial charge in [-0.1, -0.05) is 0 Å². The maximum absolute atomic E-state index is 8.87. The SMILES string of the molecule is CN1CCC(n2cncc2C#N)CC1. The smallest absolute Gasteiger partial charge is 0.140 e. The lowest BCUT2D eigenvalue weighted by Crippen LogP contribution is -2.31. The summed E-state index contributed by atoms with van der Waals surface area (Å²) >= 11 is 0. The molecule has 14 heavy (non-hydrogen) atoms. The third-order valence-corrected chi connectivity index (χ3v) is 2.86. The van der Waals surface area contributed by atoms with Gasteiger partial charge < -0.3 is 9.47 Å². The first-order chi connectivity index (χ1) is 6.81. The zero-order valence-electron chi connectivity index (χ0n) is 8.35. The first-order valence-corrected chi connectivity index (χ1v) is 4.91. The number of aromatic nitrogens is 2. The second-order valence-electron chi connectivity index (χ2n) is 3.83. The third-order valence-electron chi connectivity index (χ3n) is 2.86. The lowest BCUT2D eigenvalue weighted by molar-refractivity contribution is 0.220. The maximum Gasteiger partial charge on any atom is 0.140 e. The van der Waals surface area contributed by atoms with E-state index >= 15 is 0 Å². The number of imidazole rings is 1. The largest absolute Gasteiger partial charge is 0.319 e. The van der Waals surface area contributed by atoms with Crippen LogP contribution in [-0.4, -0.2) is 34.6 Å². The molecule has 1 aliphatic rings. The molecule has 2 rings (SSSR count). The number of likely N-dealkylation sites (tertiary alicyclic amines) is 1. The summed E-state index contributed by atoms with van der Waals surface area (Å²) in [7, 11) is 2.13. The van der Waals surface area contributed by atoms with E-state index < -0.39 is 0 Å². The molecule has 0 bridgehead atoms. The molecule has 0 amide bonds. The van der Waals surface area contributed by atoms with E-state index in [4.69, 9.17) is 5.26 Å². The van der Waals surface area contributed by atoms with Crippen molar-refractivity contribution in [2.24, 2.45) is 0 Å². The number of nitriles is 1. The zero-order chi connectivity index (χ0) is 9.97. The van der Waals surface area contributed by atoms with Crippen LogP contribution >= 0.6 is 0 Å². The fourth-order valence-corrected chi connectivity index (χ4v) is 1.96. The van der Waals surface area contributed by atoms with Crippen LogP contribution in [0.1, 0.15) is 24.6 Å². The Hall–Kier alpha value is -1.34. The lowest BCUT2D eigenvalue weighted by atomic mass is 10.1. The first-order valence-electron chi connectivity index (χ1n) is 4.91. The van der Waals surface area contributed by atoms with Crippen molar-refractivity contribution >= 4 is 0 Å². The highest BCUT2D eigenvalue weighted by Gasteiger charge is 2.19. The quantitative estimate of drug-likeness (QED) is 0.664. The monoisotopic (exact) mass is 190 g/mol. The van der Waals surface area contributed by atoms with Crippen LogP contribution < -0.4 is 0 Å². The average Bonchev–Trinajstić information content (AvgIpc) is 2.67. The van der Waals surface area contributed by atoms with Gasteiger partial charge in [0.25, 0.3) is 0 Å². The van der Waals surface area contributed by atoms with Crippen molar-refractivity contribution in [3.63, 3.8) is 0 Å². The second-order valence-corrected chi connectivity index (χ2v) is 3.83. The predicted octanol–water partition coefficient (Wildman–Crippen LogP) is 1.02. The van der Waals surface area contributed by atoms with E-state index in [1.54, 1.807) is 12.5 Å². The van der Waals surface area contributed by atoms with Crippen molar-refractivity contribution < 1.29 is 0 Å². The molecule has 0 atom stereocenters. The van der Waals surface area contributed by atoms with Crippen molar-refractivity contribution in [1.82, 2.24) is 14.5 Å². The summed E-state index contributed by atoms with van der Waals surface area (Å²) in [6, 6.07) is 2.63. The molecule has 4 nitrogen and oxygen atoms in total.